The van der Waals surface area contributed by atoms with Crippen molar-refractivity contribution in [2.45, 2.75) is 6.92 Å². The lowest BCUT2D eigenvalue weighted by atomic mass is 10.1. The zero-order valence-corrected chi connectivity index (χ0v) is 12.2. The number of anilines is 1. The Balaban J connectivity index is 0.000000704. The average Bonchev–Trinajstić information content (AvgIpc) is 2.49. The summed E-state index contributed by atoms with van der Waals surface area (Å²) in [4.78, 5) is 11.3. The quantitative estimate of drug-likeness (QED) is 0.415. The largest absolute Gasteiger partial charge is 0.325 e. The highest BCUT2D eigenvalue weighted by molar-refractivity contribution is 6.15. The van der Waals surface area contributed by atoms with Gasteiger partial charge in [0, 0.05) is 37.6 Å². The van der Waals surface area contributed by atoms with Gasteiger partial charge in [-0.25, -0.2) is 0 Å². The molecule has 0 radical (unpaired) electrons. The molecule has 0 atom stereocenters. The predicted octanol–water partition coefficient (Wildman–Crippen LogP) is 3.39. The fourth-order valence-electron chi connectivity index (χ4n) is 2.22. The van der Waals surface area contributed by atoms with Gasteiger partial charge in [-0.2, -0.15) is 4.40 Å². The molecule has 1 aromatic carbocycles. The number of nitrogens with one attached hydrogen (secondary N) is 1. The van der Waals surface area contributed by atoms with E-state index < -0.39 is 0 Å². The number of para-hydroxylation sites is 1. The van der Waals surface area contributed by atoms with Gasteiger partial charge in [-0.1, -0.05) is 12.1 Å². The van der Waals surface area contributed by atoms with Crippen LogP contribution in [0, 0.1) is 0 Å². The predicted molar refractivity (Wildman–Crippen MR) is 83.2 cm³/mol. The van der Waals surface area contributed by atoms with E-state index in [1.54, 1.807) is 0 Å². The Morgan fingerprint density at radius 3 is 2.55 bits per heavy atom. The van der Waals surface area contributed by atoms with Crippen LogP contribution in [0.15, 0.2) is 54.7 Å². The number of alkyl halides is 1. The molecular formula is C16H16ClN2O+. The first-order valence-electron chi connectivity index (χ1n) is 6.23. The molecule has 0 aliphatic carbocycles. The minimum absolute atomic E-state index is 0.0552. The van der Waals surface area contributed by atoms with Gasteiger partial charge < -0.3 is 5.32 Å². The van der Waals surface area contributed by atoms with Crippen molar-refractivity contribution < 1.29 is 9.20 Å². The van der Waals surface area contributed by atoms with Crippen LogP contribution in [-0.2, 0) is 4.79 Å². The molecule has 102 valence electrons. The van der Waals surface area contributed by atoms with Crippen molar-refractivity contribution in [3.05, 3.63) is 54.7 Å². The van der Waals surface area contributed by atoms with E-state index in [9.17, 15) is 4.79 Å². The van der Waals surface area contributed by atoms with Crippen molar-refractivity contribution in [1.82, 2.24) is 0 Å². The second kappa shape index (κ2) is 6.35. The number of carbonyl (C=O) groups excluding carboxylic acids is 1. The van der Waals surface area contributed by atoms with E-state index in [1.165, 1.54) is 13.3 Å². The molecule has 4 heteroatoms. The maximum absolute atomic E-state index is 11.3. The van der Waals surface area contributed by atoms with Crippen molar-refractivity contribution in [1.29, 1.82) is 0 Å². The number of carbonyl (C=O) groups is 1. The van der Waals surface area contributed by atoms with Crippen molar-refractivity contribution in [2.75, 3.05) is 11.7 Å². The molecule has 2 aromatic heterocycles. The summed E-state index contributed by atoms with van der Waals surface area (Å²) >= 11 is 4.64. The van der Waals surface area contributed by atoms with Crippen LogP contribution in [0.2, 0.25) is 0 Å². The first-order chi connectivity index (χ1) is 9.75. The molecule has 0 unspecified atom stereocenters. The van der Waals surface area contributed by atoms with Crippen LogP contribution in [0.1, 0.15) is 6.92 Å². The summed E-state index contributed by atoms with van der Waals surface area (Å²) in [6, 6.07) is 16.0. The lowest BCUT2D eigenvalue weighted by Crippen LogP contribution is -2.23. The Labute approximate surface area is 122 Å². The molecule has 3 aromatic rings. The highest BCUT2D eigenvalue weighted by atomic mass is 35.5. The number of amides is 1. The number of benzene rings is 1. The standard InChI is InChI=1S/C15H12N2O.CH3Cl/c1-11(18)16-14-10-12-6-4-5-9-17(12)15-8-3-2-7-13(14)15;1-2/h2-10H,1H3;1H3/p+1. The molecule has 0 saturated heterocycles. The molecule has 3 nitrogen and oxygen atoms in total. The molecule has 0 fully saturated rings. The summed E-state index contributed by atoms with van der Waals surface area (Å²) < 4.78 is 2.11. The van der Waals surface area contributed by atoms with Crippen LogP contribution in [-0.4, -0.2) is 12.3 Å². The minimum atomic E-state index is -0.0552. The Kier molecular flexibility index (Phi) is 4.53. The number of hydrogen-bond donors (Lipinski definition) is 1. The molecule has 0 spiro atoms. The maximum atomic E-state index is 11.3. The monoisotopic (exact) mass is 287 g/mol. The summed E-state index contributed by atoms with van der Waals surface area (Å²) in [6.45, 7) is 1.52. The van der Waals surface area contributed by atoms with Crippen molar-refractivity contribution in [3.63, 3.8) is 0 Å². The second-order valence-electron chi connectivity index (χ2n) is 4.25. The van der Waals surface area contributed by atoms with Crippen LogP contribution in [0.4, 0.5) is 5.69 Å². The van der Waals surface area contributed by atoms with E-state index in [2.05, 4.69) is 21.3 Å². The Hall–Kier alpha value is -2.13. The highest BCUT2D eigenvalue weighted by Gasteiger charge is 2.12. The number of pyridine rings is 2. The smallest absolute Gasteiger partial charge is 0.221 e. The Morgan fingerprint density at radius 2 is 1.80 bits per heavy atom. The average molecular weight is 288 g/mol. The Bertz CT molecular complexity index is 756. The number of nitrogens with zero attached hydrogens (tertiary/aromatic N) is 1. The van der Waals surface area contributed by atoms with Gasteiger partial charge in [0.2, 0.25) is 16.9 Å². The zero-order chi connectivity index (χ0) is 14.5. The SMILES string of the molecule is CC(=O)Nc1cc2cccc[n+]2c2ccccc12.CCl. The third kappa shape index (κ3) is 2.73. The van der Waals surface area contributed by atoms with Crippen LogP contribution in [0.5, 0.6) is 0 Å². The van der Waals surface area contributed by atoms with Gasteiger partial charge in [-0.3, -0.25) is 4.79 Å². The van der Waals surface area contributed by atoms with E-state index >= 15 is 0 Å². The topological polar surface area (TPSA) is 33.2 Å². The molecule has 1 amide bonds. The fourth-order valence-corrected chi connectivity index (χ4v) is 2.22. The van der Waals surface area contributed by atoms with E-state index in [1.807, 2.05) is 54.7 Å². The third-order valence-corrected chi connectivity index (χ3v) is 2.95. The van der Waals surface area contributed by atoms with Gasteiger partial charge >= 0.3 is 0 Å². The highest BCUT2D eigenvalue weighted by Crippen LogP contribution is 2.22. The molecule has 20 heavy (non-hydrogen) atoms. The van der Waals surface area contributed by atoms with Crippen molar-refractivity contribution >= 4 is 39.6 Å². The molecule has 0 saturated carbocycles. The maximum Gasteiger partial charge on any atom is 0.221 e. The van der Waals surface area contributed by atoms with E-state index in [0.29, 0.717) is 0 Å². The lowest BCUT2D eigenvalue weighted by Gasteiger charge is -2.05. The fraction of sp³-hybridized carbons (Fsp3) is 0.125. The van der Waals surface area contributed by atoms with Gasteiger partial charge in [-0.15, -0.1) is 11.6 Å². The van der Waals surface area contributed by atoms with Gasteiger partial charge in [0.25, 0.3) is 0 Å². The number of aromatic nitrogens is 1. The van der Waals surface area contributed by atoms with E-state index in [4.69, 9.17) is 0 Å². The van der Waals surface area contributed by atoms with Crippen LogP contribution in [0.25, 0.3) is 16.4 Å². The van der Waals surface area contributed by atoms with Gasteiger partial charge in [-0.05, 0) is 12.1 Å². The molecular weight excluding hydrogens is 272 g/mol. The number of rotatable bonds is 1. The van der Waals surface area contributed by atoms with E-state index in [-0.39, 0.29) is 5.91 Å². The number of hydrogen-bond acceptors (Lipinski definition) is 1. The number of halogens is 1. The normalized spacial score (nSPS) is 9.95. The minimum Gasteiger partial charge on any atom is -0.325 e. The summed E-state index contributed by atoms with van der Waals surface area (Å²) in [5.74, 6) is -0.0552. The third-order valence-electron chi connectivity index (χ3n) is 2.95. The summed E-state index contributed by atoms with van der Waals surface area (Å²) in [6.07, 6.45) is 3.50. The van der Waals surface area contributed by atoms with Crippen LogP contribution in [0.3, 0.4) is 0 Å². The molecule has 1 N–H and O–H groups in total. The van der Waals surface area contributed by atoms with Gasteiger partial charge in [0.1, 0.15) is 0 Å². The van der Waals surface area contributed by atoms with Gasteiger partial charge in [0.15, 0.2) is 6.20 Å². The van der Waals surface area contributed by atoms with Crippen LogP contribution >= 0.6 is 11.6 Å². The molecule has 3 rings (SSSR count). The first kappa shape index (κ1) is 14.3. The molecule has 0 bridgehead atoms. The molecule has 0 aliphatic rings. The Morgan fingerprint density at radius 1 is 1.10 bits per heavy atom. The van der Waals surface area contributed by atoms with Gasteiger partial charge in [0.05, 0.1) is 11.1 Å². The van der Waals surface area contributed by atoms with Crippen LogP contribution < -0.4 is 9.72 Å². The van der Waals surface area contributed by atoms with Crippen molar-refractivity contribution in [3.8, 4) is 0 Å². The molecule has 2 heterocycles. The first-order valence-corrected chi connectivity index (χ1v) is 6.99. The lowest BCUT2D eigenvalue weighted by molar-refractivity contribution is -0.481. The molecule has 0 aliphatic heterocycles. The second-order valence-corrected chi connectivity index (χ2v) is 4.25. The van der Waals surface area contributed by atoms with E-state index in [0.717, 1.165) is 22.1 Å². The summed E-state index contributed by atoms with van der Waals surface area (Å²) in [7, 11) is 0. The summed E-state index contributed by atoms with van der Waals surface area (Å²) in [5.41, 5.74) is 2.99. The van der Waals surface area contributed by atoms with Crippen molar-refractivity contribution in [2.24, 2.45) is 0 Å². The zero-order valence-electron chi connectivity index (χ0n) is 11.4. The number of fused-ring (bicyclic) bond motifs is 3. The summed E-state index contributed by atoms with van der Waals surface area (Å²) in [5, 5.41) is 3.93.